The van der Waals surface area contributed by atoms with Gasteiger partial charge in [-0.25, -0.2) is 4.98 Å². The molecular weight excluding hydrogens is 535 g/mol. The maximum atomic E-state index is 13.6. The van der Waals surface area contributed by atoms with Gasteiger partial charge < -0.3 is 16.4 Å². The van der Waals surface area contributed by atoms with Crippen LogP contribution in [0.2, 0.25) is 5.15 Å². The summed E-state index contributed by atoms with van der Waals surface area (Å²) in [5.74, 6) is -0.0233. The topological polar surface area (TPSA) is 126 Å². The molecule has 1 amide bonds. The number of nitrogen functional groups attached to an aromatic ring is 1. The molecule has 2 heterocycles. The van der Waals surface area contributed by atoms with Crippen LogP contribution in [-0.2, 0) is 17.8 Å². The van der Waals surface area contributed by atoms with Gasteiger partial charge in [0.05, 0.1) is 5.69 Å². The number of nitrogens with two attached hydrogens (primary N) is 1. The van der Waals surface area contributed by atoms with Crippen LogP contribution in [0, 0.1) is 5.41 Å². The number of hydrogen-bond acceptors (Lipinski definition) is 5. The molecule has 5 N–H and O–H groups in total. The fourth-order valence-corrected chi connectivity index (χ4v) is 5.64. The molecular formula is C29H34Cl2N6O2. The first kappa shape index (κ1) is 28.6. The van der Waals surface area contributed by atoms with Crippen molar-refractivity contribution in [1.29, 1.82) is 5.41 Å². The highest BCUT2D eigenvalue weighted by Crippen LogP contribution is 2.41. The quantitative estimate of drug-likeness (QED) is 0.203. The van der Waals surface area contributed by atoms with Crippen LogP contribution in [0.1, 0.15) is 72.9 Å². The Balaban J connectivity index is 0.00000353. The Morgan fingerprint density at radius 3 is 2.46 bits per heavy atom. The number of carbonyl (C=O) groups is 1. The number of hydrogen-bond donors (Lipinski definition) is 4. The van der Waals surface area contributed by atoms with Crippen LogP contribution in [0.25, 0.3) is 0 Å². The van der Waals surface area contributed by atoms with Crippen molar-refractivity contribution < 1.29 is 4.79 Å². The third-order valence-electron chi connectivity index (χ3n) is 7.65. The first-order chi connectivity index (χ1) is 18.4. The lowest BCUT2D eigenvalue weighted by Crippen LogP contribution is -2.38. The van der Waals surface area contributed by atoms with Crippen LogP contribution in [0.3, 0.4) is 0 Å². The second kappa shape index (κ2) is 12.7. The van der Waals surface area contributed by atoms with Gasteiger partial charge in [-0.1, -0.05) is 66.2 Å². The number of aryl methyl sites for hydroxylation is 1. The summed E-state index contributed by atoms with van der Waals surface area (Å²) in [5, 5.41) is 14.1. The molecule has 0 unspecified atom stereocenters. The standard InChI is InChI=1S/C29H33ClN6O2.ClH/c30-25-24-21(9-4-8-18-6-2-1-3-7-18)16-23(36(24)29(38)27(35-25)34-22-10-5-11-22)28(37)33-17-19-12-14-20(15-13-19)26(31)32;/h1-3,6-7,12-15,21-23H,4-5,8-11,16-17H2,(H3,31,32)(H,33,37)(H,34,35);1H/t21-,23+;/m1./s1. The van der Waals surface area contributed by atoms with Crippen molar-refractivity contribution in [2.24, 2.45) is 5.73 Å². The number of aromatic nitrogens is 2. The van der Waals surface area contributed by atoms with E-state index in [2.05, 4.69) is 27.8 Å². The van der Waals surface area contributed by atoms with Gasteiger partial charge in [-0.2, -0.15) is 0 Å². The molecule has 206 valence electrons. The van der Waals surface area contributed by atoms with Gasteiger partial charge in [0.25, 0.3) is 5.56 Å². The molecule has 0 spiro atoms. The van der Waals surface area contributed by atoms with Crippen molar-refractivity contribution in [1.82, 2.24) is 14.9 Å². The Labute approximate surface area is 239 Å². The Hall–Kier alpha value is -3.36. The number of rotatable bonds is 10. The zero-order chi connectivity index (χ0) is 26.6. The number of fused-ring (bicyclic) bond motifs is 1. The van der Waals surface area contributed by atoms with E-state index in [4.69, 9.17) is 22.7 Å². The number of halogens is 2. The van der Waals surface area contributed by atoms with E-state index in [1.54, 1.807) is 16.7 Å². The molecule has 2 aliphatic rings. The summed E-state index contributed by atoms with van der Waals surface area (Å²) >= 11 is 6.70. The number of carbonyl (C=O) groups excluding carboxylic acids is 1. The van der Waals surface area contributed by atoms with Crippen molar-refractivity contribution in [2.45, 2.75) is 69.5 Å². The molecule has 1 aromatic heterocycles. The highest BCUT2D eigenvalue weighted by molar-refractivity contribution is 6.30. The molecule has 2 aromatic carbocycles. The minimum absolute atomic E-state index is 0. The summed E-state index contributed by atoms with van der Waals surface area (Å²) in [4.78, 5) is 31.5. The predicted molar refractivity (Wildman–Crippen MR) is 157 cm³/mol. The van der Waals surface area contributed by atoms with Crippen molar-refractivity contribution in [3.8, 4) is 0 Å². The number of amides is 1. The highest BCUT2D eigenvalue weighted by Gasteiger charge is 2.39. The molecule has 10 heteroatoms. The maximum absolute atomic E-state index is 13.6. The number of amidine groups is 1. The van der Waals surface area contributed by atoms with E-state index in [0.29, 0.717) is 29.4 Å². The van der Waals surface area contributed by atoms with E-state index in [1.165, 1.54) is 5.56 Å². The number of nitrogens with one attached hydrogen (secondary N) is 3. The highest BCUT2D eigenvalue weighted by atomic mass is 35.5. The van der Waals surface area contributed by atoms with E-state index < -0.39 is 6.04 Å². The molecule has 1 aliphatic heterocycles. The van der Waals surface area contributed by atoms with Gasteiger partial charge in [0.15, 0.2) is 11.0 Å². The summed E-state index contributed by atoms with van der Waals surface area (Å²) in [6.07, 6.45) is 6.26. The summed E-state index contributed by atoms with van der Waals surface area (Å²) in [6.45, 7) is 0.308. The Kier molecular flexibility index (Phi) is 9.30. The molecule has 1 saturated carbocycles. The summed E-state index contributed by atoms with van der Waals surface area (Å²) < 4.78 is 1.58. The fraction of sp³-hybridized carbons (Fsp3) is 0.379. The maximum Gasteiger partial charge on any atom is 0.294 e. The van der Waals surface area contributed by atoms with Crippen LogP contribution >= 0.6 is 24.0 Å². The Morgan fingerprint density at radius 2 is 1.82 bits per heavy atom. The summed E-state index contributed by atoms with van der Waals surface area (Å²) in [6, 6.07) is 17.0. The van der Waals surface area contributed by atoms with Crippen LogP contribution in [0.4, 0.5) is 5.82 Å². The van der Waals surface area contributed by atoms with E-state index in [0.717, 1.165) is 44.1 Å². The Morgan fingerprint density at radius 1 is 1.10 bits per heavy atom. The number of benzene rings is 2. The lowest BCUT2D eigenvalue weighted by Gasteiger charge is -2.27. The Bertz CT molecular complexity index is 1370. The molecule has 39 heavy (non-hydrogen) atoms. The molecule has 3 aromatic rings. The van der Waals surface area contributed by atoms with Gasteiger partial charge in [0.1, 0.15) is 11.9 Å². The lowest BCUT2D eigenvalue weighted by atomic mass is 9.93. The summed E-state index contributed by atoms with van der Waals surface area (Å²) in [7, 11) is 0. The number of nitrogens with zero attached hydrogens (tertiary/aromatic N) is 2. The normalized spacial score (nSPS) is 18.0. The van der Waals surface area contributed by atoms with E-state index in [9.17, 15) is 9.59 Å². The van der Waals surface area contributed by atoms with Gasteiger partial charge in [0, 0.05) is 24.1 Å². The molecule has 0 saturated heterocycles. The first-order valence-electron chi connectivity index (χ1n) is 13.2. The van der Waals surface area contributed by atoms with E-state index in [1.807, 2.05) is 30.3 Å². The second-order valence-electron chi connectivity index (χ2n) is 10.2. The van der Waals surface area contributed by atoms with Crippen LogP contribution < -0.4 is 21.9 Å². The average molecular weight is 570 g/mol. The zero-order valence-corrected chi connectivity index (χ0v) is 23.2. The molecule has 2 atom stereocenters. The predicted octanol–water partition coefficient (Wildman–Crippen LogP) is 4.93. The van der Waals surface area contributed by atoms with Crippen LogP contribution in [0.5, 0.6) is 0 Å². The van der Waals surface area contributed by atoms with Gasteiger partial charge in [0.2, 0.25) is 5.91 Å². The minimum Gasteiger partial charge on any atom is -0.384 e. The summed E-state index contributed by atoms with van der Waals surface area (Å²) in [5.41, 5.74) is 8.69. The van der Waals surface area contributed by atoms with Crippen molar-refractivity contribution in [3.05, 3.63) is 92.5 Å². The number of anilines is 1. The first-order valence-corrected chi connectivity index (χ1v) is 13.6. The van der Waals surface area contributed by atoms with Crippen molar-refractivity contribution >= 4 is 41.6 Å². The van der Waals surface area contributed by atoms with Crippen molar-refractivity contribution in [2.75, 3.05) is 5.32 Å². The monoisotopic (exact) mass is 568 g/mol. The molecule has 1 aliphatic carbocycles. The fourth-order valence-electron chi connectivity index (χ4n) is 5.31. The average Bonchev–Trinajstić information content (AvgIpc) is 3.29. The SMILES string of the molecule is Cl.N=C(N)c1ccc(CNC(=O)[C@@H]2C[C@@H](CCCc3ccccc3)c3c(Cl)nc(NC4CCC4)c(=O)n32)cc1. The van der Waals surface area contributed by atoms with Gasteiger partial charge in [-0.3, -0.25) is 19.6 Å². The lowest BCUT2D eigenvalue weighted by molar-refractivity contribution is -0.124. The van der Waals surface area contributed by atoms with E-state index in [-0.39, 0.29) is 47.5 Å². The zero-order valence-electron chi connectivity index (χ0n) is 21.7. The van der Waals surface area contributed by atoms with E-state index >= 15 is 0 Å². The minimum atomic E-state index is -0.654. The van der Waals surface area contributed by atoms with Crippen LogP contribution in [0.15, 0.2) is 59.4 Å². The third kappa shape index (κ3) is 6.45. The second-order valence-corrected chi connectivity index (χ2v) is 10.6. The van der Waals surface area contributed by atoms with Gasteiger partial charge in [-0.05, 0) is 56.1 Å². The molecule has 0 bridgehead atoms. The smallest absolute Gasteiger partial charge is 0.294 e. The molecule has 1 fully saturated rings. The van der Waals surface area contributed by atoms with Gasteiger partial charge >= 0.3 is 0 Å². The third-order valence-corrected chi connectivity index (χ3v) is 7.93. The van der Waals surface area contributed by atoms with Gasteiger partial charge in [-0.15, -0.1) is 12.4 Å². The molecule has 0 radical (unpaired) electrons. The largest absolute Gasteiger partial charge is 0.384 e. The van der Waals surface area contributed by atoms with Crippen molar-refractivity contribution in [3.63, 3.8) is 0 Å². The molecule has 8 nitrogen and oxygen atoms in total. The van der Waals surface area contributed by atoms with Crippen LogP contribution in [-0.4, -0.2) is 27.3 Å². The molecule has 5 rings (SSSR count).